The lowest BCUT2D eigenvalue weighted by atomic mass is 9.84. The fraction of sp³-hybridized carbons (Fsp3) is 0.647. The van der Waals surface area contributed by atoms with E-state index in [9.17, 15) is 5.11 Å². The van der Waals surface area contributed by atoms with Crippen LogP contribution in [-0.4, -0.2) is 35.7 Å². The third-order valence-corrected chi connectivity index (χ3v) is 4.69. The molecule has 2 nitrogen and oxygen atoms in total. The molecule has 1 N–H and O–H groups in total. The zero-order chi connectivity index (χ0) is 14.8. The predicted octanol–water partition coefficient (Wildman–Crippen LogP) is 3.25. The van der Waals surface area contributed by atoms with Crippen molar-refractivity contribution in [3.05, 3.63) is 34.4 Å². The second-order valence-corrected chi connectivity index (χ2v) is 6.20. The first-order valence-corrected chi connectivity index (χ1v) is 7.14. The molecule has 0 saturated heterocycles. The standard InChI is InChI=1S/C17H29NO/c1-8-17(5,18(6)7)16(19)11-15-13(3)9-12(2)10-14(15)4/h9-10,16,19H,8,11H2,1-7H3. The van der Waals surface area contributed by atoms with E-state index >= 15 is 0 Å². The molecule has 0 aromatic heterocycles. The molecule has 0 aliphatic heterocycles. The van der Waals surface area contributed by atoms with E-state index in [0.29, 0.717) is 0 Å². The minimum absolute atomic E-state index is 0.177. The molecule has 19 heavy (non-hydrogen) atoms. The molecular formula is C17H29NO. The SMILES string of the molecule is CCC(C)(C(O)Cc1c(C)cc(C)cc1C)N(C)C. The molecule has 0 heterocycles. The summed E-state index contributed by atoms with van der Waals surface area (Å²) in [5, 5.41) is 10.7. The molecule has 0 aliphatic rings. The molecule has 1 rings (SSSR count). The van der Waals surface area contributed by atoms with Crippen molar-refractivity contribution in [1.29, 1.82) is 0 Å². The van der Waals surface area contributed by atoms with Crippen LogP contribution in [-0.2, 0) is 6.42 Å². The molecule has 2 atom stereocenters. The summed E-state index contributed by atoms with van der Waals surface area (Å²) in [7, 11) is 4.09. The Bertz CT molecular complexity index is 416. The van der Waals surface area contributed by atoms with Gasteiger partial charge in [-0.15, -0.1) is 0 Å². The van der Waals surface area contributed by atoms with E-state index in [1.165, 1.54) is 22.3 Å². The Hall–Kier alpha value is -0.860. The van der Waals surface area contributed by atoms with Gasteiger partial charge in [-0.25, -0.2) is 0 Å². The van der Waals surface area contributed by atoms with Gasteiger partial charge in [0.2, 0.25) is 0 Å². The van der Waals surface area contributed by atoms with Crippen molar-refractivity contribution in [1.82, 2.24) is 4.90 Å². The molecule has 2 unspecified atom stereocenters. The predicted molar refractivity (Wildman–Crippen MR) is 82.7 cm³/mol. The molecule has 0 amide bonds. The summed E-state index contributed by atoms with van der Waals surface area (Å²) in [6.45, 7) is 10.7. The number of hydrogen-bond donors (Lipinski definition) is 1. The molecule has 0 bridgehead atoms. The van der Waals surface area contributed by atoms with Crippen molar-refractivity contribution in [3.8, 4) is 0 Å². The molecule has 0 aliphatic carbocycles. The lowest BCUT2D eigenvalue weighted by Crippen LogP contribution is -2.51. The van der Waals surface area contributed by atoms with Crippen molar-refractivity contribution >= 4 is 0 Å². The van der Waals surface area contributed by atoms with Crippen molar-refractivity contribution in [2.45, 2.75) is 59.1 Å². The van der Waals surface area contributed by atoms with E-state index < -0.39 is 0 Å². The van der Waals surface area contributed by atoms with Crippen molar-refractivity contribution in [3.63, 3.8) is 0 Å². The van der Waals surface area contributed by atoms with Gasteiger partial charge in [0, 0.05) is 12.0 Å². The van der Waals surface area contributed by atoms with Crippen LogP contribution in [0.4, 0.5) is 0 Å². The molecule has 1 aromatic rings. The number of nitrogens with zero attached hydrogens (tertiary/aromatic N) is 1. The summed E-state index contributed by atoms with van der Waals surface area (Å²) in [5.74, 6) is 0. The van der Waals surface area contributed by atoms with Crippen LogP contribution in [0.5, 0.6) is 0 Å². The van der Waals surface area contributed by atoms with Gasteiger partial charge in [0.1, 0.15) is 0 Å². The first-order valence-electron chi connectivity index (χ1n) is 7.14. The molecule has 0 saturated carbocycles. The van der Waals surface area contributed by atoms with E-state index in [2.05, 4.69) is 51.7 Å². The van der Waals surface area contributed by atoms with Crippen molar-refractivity contribution < 1.29 is 5.11 Å². The van der Waals surface area contributed by atoms with Crippen LogP contribution in [0.25, 0.3) is 0 Å². The monoisotopic (exact) mass is 263 g/mol. The number of aliphatic hydroxyl groups excluding tert-OH is 1. The smallest absolute Gasteiger partial charge is 0.0761 e. The fourth-order valence-corrected chi connectivity index (χ4v) is 2.80. The van der Waals surface area contributed by atoms with Crippen LogP contribution in [0.2, 0.25) is 0 Å². The normalized spacial score (nSPS) is 16.5. The maximum absolute atomic E-state index is 10.7. The van der Waals surface area contributed by atoms with Gasteiger partial charge in [0.05, 0.1) is 6.10 Å². The van der Waals surface area contributed by atoms with Crippen LogP contribution in [0.1, 0.15) is 42.5 Å². The third-order valence-electron chi connectivity index (χ3n) is 4.69. The maximum Gasteiger partial charge on any atom is 0.0761 e. The van der Waals surface area contributed by atoms with Gasteiger partial charge in [0.25, 0.3) is 0 Å². The molecule has 1 aromatic carbocycles. The van der Waals surface area contributed by atoms with E-state index in [1.54, 1.807) is 0 Å². The Kier molecular flexibility index (Phi) is 5.17. The van der Waals surface area contributed by atoms with Crippen LogP contribution < -0.4 is 0 Å². The highest BCUT2D eigenvalue weighted by Crippen LogP contribution is 2.26. The molecule has 0 radical (unpaired) electrons. The average Bonchev–Trinajstić information content (AvgIpc) is 2.31. The van der Waals surface area contributed by atoms with Gasteiger partial charge < -0.3 is 10.0 Å². The number of hydrogen-bond acceptors (Lipinski definition) is 2. The topological polar surface area (TPSA) is 23.5 Å². The van der Waals surface area contributed by atoms with Crippen LogP contribution in [0, 0.1) is 20.8 Å². The Morgan fingerprint density at radius 3 is 2.00 bits per heavy atom. The minimum atomic E-state index is -0.354. The number of aliphatic hydroxyl groups is 1. The lowest BCUT2D eigenvalue weighted by molar-refractivity contribution is 0.00285. The van der Waals surface area contributed by atoms with Gasteiger partial charge >= 0.3 is 0 Å². The Labute approximate surface area is 118 Å². The zero-order valence-electron chi connectivity index (χ0n) is 13.5. The highest BCUT2D eigenvalue weighted by Gasteiger charge is 2.33. The first-order chi connectivity index (χ1) is 8.72. The van der Waals surface area contributed by atoms with Gasteiger partial charge in [-0.2, -0.15) is 0 Å². The van der Waals surface area contributed by atoms with Crippen LogP contribution in [0.3, 0.4) is 0 Å². The Morgan fingerprint density at radius 1 is 1.16 bits per heavy atom. The third kappa shape index (κ3) is 3.37. The van der Waals surface area contributed by atoms with E-state index in [0.717, 1.165) is 12.8 Å². The molecular weight excluding hydrogens is 234 g/mol. The van der Waals surface area contributed by atoms with Crippen molar-refractivity contribution in [2.75, 3.05) is 14.1 Å². The summed E-state index contributed by atoms with van der Waals surface area (Å²) >= 11 is 0. The van der Waals surface area contributed by atoms with Gasteiger partial charge in [-0.05, 0) is 64.9 Å². The van der Waals surface area contributed by atoms with Crippen molar-refractivity contribution in [2.24, 2.45) is 0 Å². The van der Waals surface area contributed by atoms with Gasteiger partial charge in [0.15, 0.2) is 0 Å². The number of rotatable bonds is 5. The van der Waals surface area contributed by atoms with Gasteiger partial charge in [-0.1, -0.05) is 24.6 Å². The number of likely N-dealkylation sites (N-methyl/N-ethyl adjacent to an activating group) is 1. The number of aryl methyl sites for hydroxylation is 3. The van der Waals surface area contributed by atoms with Crippen LogP contribution >= 0.6 is 0 Å². The Balaban J connectivity index is 3.03. The fourth-order valence-electron chi connectivity index (χ4n) is 2.80. The molecule has 0 fully saturated rings. The van der Waals surface area contributed by atoms with E-state index in [-0.39, 0.29) is 11.6 Å². The first kappa shape index (κ1) is 16.2. The summed E-state index contributed by atoms with van der Waals surface area (Å²) in [6.07, 6.45) is 1.30. The lowest BCUT2D eigenvalue weighted by Gasteiger charge is -2.40. The van der Waals surface area contributed by atoms with E-state index in [4.69, 9.17) is 0 Å². The quantitative estimate of drug-likeness (QED) is 0.881. The summed E-state index contributed by atoms with van der Waals surface area (Å²) in [4.78, 5) is 2.14. The van der Waals surface area contributed by atoms with Crippen LogP contribution in [0.15, 0.2) is 12.1 Å². The maximum atomic E-state index is 10.7. The second kappa shape index (κ2) is 6.06. The average molecular weight is 263 g/mol. The number of benzene rings is 1. The Morgan fingerprint density at radius 2 is 1.63 bits per heavy atom. The summed E-state index contributed by atoms with van der Waals surface area (Å²) in [5.41, 5.74) is 4.98. The summed E-state index contributed by atoms with van der Waals surface area (Å²) in [6, 6.07) is 4.40. The molecule has 108 valence electrons. The molecule has 2 heteroatoms. The zero-order valence-corrected chi connectivity index (χ0v) is 13.5. The summed E-state index contributed by atoms with van der Waals surface area (Å²) < 4.78 is 0. The van der Waals surface area contributed by atoms with Gasteiger partial charge in [-0.3, -0.25) is 0 Å². The molecule has 0 spiro atoms. The second-order valence-electron chi connectivity index (χ2n) is 6.20. The van der Waals surface area contributed by atoms with E-state index in [1.807, 2.05) is 14.1 Å². The highest BCUT2D eigenvalue weighted by atomic mass is 16.3. The minimum Gasteiger partial charge on any atom is -0.391 e. The highest BCUT2D eigenvalue weighted by molar-refractivity contribution is 5.38. The largest absolute Gasteiger partial charge is 0.391 e.